The highest BCUT2D eigenvalue weighted by molar-refractivity contribution is 7.20. The highest BCUT2D eigenvalue weighted by atomic mass is 32.1. The Hall–Kier alpha value is -4.34. The van der Waals surface area contributed by atoms with Crippen molar-refractivity contribution in [2.75, 3.05) is 0 Å². The van der Waals surface area contributed by atoms with Gasteiger partial charge in [-0.1, -0.05) is 91.9 Å². The van der Waals surface area contributed by atoms with Crippen LogP contribution in [0.15, 0.2) is 97.2 Å². The van der Waals surface area contributed by atoms with E-state index < -0.39 is 0 Å². The van der Waals surface area contributed by atoms with Gasteiger partial charge >= 0.3 is 0 Å². The molecule has 192 valence electrons. The molecule has 0 radical (unpaired) electrons. The van der Waals surface area contributed by atoms with E-state index in [4.69, 9.17) is 9.97 Å². The van der Waals surface area contributed by atoms with Crippen LogP contribution in [0.4, 0.5) is 0 Å². The van der Waals surface area contributed by atoms with E-state index in [1.165, 1.54) is 53.6 Å². The number of allylic oxidation sites excluding steroid dienone is 2. The molecule has 0 bridgehead atoms. The summed E-state index contributed by atoms with van der Waals surface area (Å²) in [5.41, 5.74) is 10.6. The predicted octanol–water partition coefficient (Wildman–Crippen LogP) is 10.4. The summed E-state index contributed by atoms with van der Waals surface area (Å²) in [6.45, 7) is 6.81. The number of aryl methyl sites for hydroxylation is 1. The van der Waals surface area contributed by atoms with Crippen LogP contribution < -0.4 is 0 Å². The lowest BCUT2D eigenvalue weighted by atomic mass is 9.88. The number of hydrogen-bond acceptors (Lipinski definition) is 3. The third-order valence-electron chi connectivity index (χ3n) is 8.38. The zero-order valence-corrected chi connectivity index (χ0v) is 23.6. The molecule has 0 N–H and O–H groups in total. The summed E-state index contributed by atoms with van der Waals surface area (Å²) >= 11 is 1.95. The summed E-state index contributed by atoms with van der Waals surface area (Å²) in [4.78, 5) is 11.8. The second-order valence-corrected chi connectivity index (χ2v) is 12.2. The van der Waals surface area contributed by atoms with Gasteiger partial charge in [0.1, 0.15) is 0 Å². The Morgan fingerprint density at radius 2 is 1.35 bits per heavy atom. The van der Waals surface area contributed by atoms with Crippen molar-refractivity contribution in [1.29, 1.82) is 0 Å². The Morgan fingerprint density at radius 3 is 2.10 bits per heavy atom. The molecule has 2 heterocycles. The predicted molar refractivity (Wildman–Crippen MR) is 172 cm³/mol. The number of benzene rings is 5. The van der Waals surface area contributed by atoms with Gasteiger partial charge in [-0.3, -0.25) is 4.98 Å². The standard InChI is InChI=1S/C37H28N2S/c1-21-16-23(3)36-31(17-21)32-19-22(2)18-30(37(32)40-36)26-12-4-7-13-27(26)33-20-38-34-28-14-8-5-10-24(28)25-11-6-9-15-29(25)35(34)39-33/h4-16,18-21H,17H2,1-3H3. The molecule has 40 heavy (non-hydrogen) atoms. The normalized spacial score (nSPS) is 15.2. The Labute approximate surface area is 237 Å². The van der Waals surface area contributed by atoms with E-state index in [2.05, 4.69) is 112 Å². The maximum Gasteiger partial charge on any atom is 0.0979 e. The number of nitrogens with zero attached hydrogens (tertiary/aromatic N) is 2. The lowest BCUT2D eigenvalue weighted by Crippen LogP contribution is -2.03. The molecule has 1 unspecified atom stereocenters. The first kappa shape index (κ1) is 23.5. The fraction of sp³-hybridized carbons (Fsp3) is 0.135. The highest BCUT2D eigenvalue weighted by Crippen LogP contribution is 2.46. The zero-order valence-electron chi connectivity index (χ0n) is 22.8. The van der Waals surface area contributed by atoms with Crippen LogP contribution in [-0.2, 0) is 6.42 Å². The van der Waals surface area contributed by atoms with Gasteiger partial charge in [-0.05, 0) is 70.7 Å². The molecule has 5 aromatic carbocycles. The van der Waals surface area contributed by atoms with Gasteiger partial charge < -0.3 is 0 Å². The third-order valence-corrected chi connectivity index (χ3v) is 9.79. The maximum absolute atomic E-state index is 5.33. The topological polar surface area (TPSA) is 25.8 Å². The van der Waals surface area contributed by atoms with Gasteiger partial charge in [-0.15, -0.1) is 11.3 Å². The summed E-state index contributed by atoms with van der Waals surface area (Å²) in [6.07, 6.45) is 5.49. The zero-order chi connectivity index (χ0) is 27.0. The number of hydrogen-bond donors (Lipinski definition) is 0. The number of aromatic nitrogens is 2. The van der Waals surface area contributed by atoms with Crippen LogP contribution >= 0.6 is 11.3 Å². The molecule has 1 atom stereocenters. The average molecular weight is 533 g/mol. The molecule has 1 aliphatic carbocycles. The van der Waals surface area contributed by atoms with Crippen molar-refractivity contribution in [3.63, 3.8) is 0 Å². The summed E-state index contributed by atoms with van der Waals surface area (Å²) in [6, 6.07) is 30.5. The first-order valence-corrected chi connectivity index (χ1v) is 14.8. The van der Waals surface area contributed by atoms with E-state index in [9.17, 15) is 0 Å². The van der Waals surface area contributed by atoms with E-state index in [1.54, 1.807) is 0 Å². The van der Waals surface area contributed by atoms with Crippen LogP contribution in [-0.4, -0.2) is 9.97 Å². The molecule has 0 amide bonds. The molecule has 0 spiro atoms. The molecule has 1 aliphatic rings. The molecule has 2 nitrogen and oxygen atoms in total. The molecule has 3 heteroatoms. The first-order valence-electron chi connectivity index (χ1n) is 14.0. The van der Waals surface area contributed by atoms with Gasteiger partial charge in [0, 0.05) is 31.5 Å². The molecule has 8 rings (SSSR count). The van der Waals surface area contributed by atoms with Gasteiger partial charge in [-0.25, -0.2) is 4.98 Å². The van der Waals surface area contributed by atoms with Crippen molar-refractivity contribution in [1.82, 2.24) is 9.97 Å². The van der Waals surface area contributed by atoms with Gasteiger partial charge in [0.2, 0.25) is 0 Å². The largest absolute Gasteiger partial charge is 0.252 e. The highest BCUT2D eigenvalue weighted by Gasteiger charge is 2.23. The maximum atomic E-state index is 5.33. The fourth-order valence-corrected chi connectivity index (χ4v) is 8.01. The molecule has 0 saturated carbocycles. The molecule has 0 saturated heterocycles. The van der Waals surface area contributed by atoms with Crippen molar-refractivity contribution in [3.05, 3.63) is 113 Å². The van der Waals surface area contributed by atoms with Crippen molar-refractivity contribution in [2.24, 2.45) is 5.92 Å². The second kappa shape index (κ2) is 8.84. The fourth-order valence-electron chi connectivity index (χ4n) is 6.69. The third kappa shape index (κ3) is 3.47. The first-order chi connectivity index (χ1) is 19.6. The minimum Gasteiger partial charge on any atom is -0.252 e. The Kier molecular flexibility index (Phi) is 5.20. The Morgan fingerprint density at radius 1 is 0.700 bits per heavy atom. The van der Waals surface area contributed by atoms with Crippen molar-refractivity contribution >= 4 is 59.6 Å². The smallest absolute Gasteiger partial charge is 0.0979 e. The number of rotatable bonds is 2. The van der Waals surface area contributed by atoms with Gasteiger partial charge in [0.05, 0.1) is 22.9 Å². The lowest BCUT2D eigenvalue weighted by molar-refractivity contribution is 0.720. The van der Waals surface area contributed by atoms with Crippen LogP contribution in [0.2, 0.25) is 0 Å². The summed E-state index contributed by atoms with van der Waals surface area (Å²) < 4.78 is 1.37. The van der Waals surface area contributed by atoms with E-state index in [0.29, 0.717) is 5.92 Å². The summed E-state index contributed by atoms with van der Waals surface area (Å²) in [7, 11) is 0. The van der Waals surface area contributed by atoms with E-state index in [0.717, 1.165) is 39.5 Å². The van der Waals surface area contributed by atoms with Crippen LogP contribution in [0.3, 0.4) is 0 Å². The van der Waals surface area contributed by atoms with Crippen LogP contribution in [0.5, 0.6) is 0 Å². The molecule has 2 aromatic heterocycles. The van der Waals surface area contributed by atoms with Crippen molar-refractivity contribution < 1.29 is 0 Å². The summed E-state index contributed by atoms with van der Waals surface area (Å²) in [5, 5.41) is 6.13. The van der Waals surface area contributed by atoms with Gasteiger partial charge in [0.15, 0.2) is 0 Å². The van der Waals surface area contributed by atoms with Crippen molar-refractivity contribution in [2.45, 2.75) is 27.2 Å². The van der Waals surface area contributed by atoms with E-state index in [-0.39, 0.29) is 0 Å². The van der Waals surface area contributed by atoms with Crippen LogP contribution in [0, 0.1) is 12.8 Å². The number of fused-ring (bicyclic) bond motifs is 9. The van der Waals surface area contributed by atoms with E-state index >= 15 is 0 Å². The Balaban J connectivity index is 1.40. The minimum atomic E-state index is 0.570. The molecular formula is C37H28N2S. The Bertz CT molecular complexity index is 2150. The van der Waals surface area contributed by atoms with Gasteiger partial charge in [0.25, 0.3) is 0 Å². The second-order valence-electron chi connectivity index (χ2n) is 11.2. The molecule has 0 fully saturated rings. The molecule has 7 aromatic rings. The minimum absolute atomic E-state index is 0.570. The SMILES string of the molecule is CC1=CC(C)Cc2c1sc1c(-c3ccccc3-c3cnc4c5ccccc5c5ccccc5c4n3)cc(C)cc21. The van der Waals surface area contributed by atoms with E-state index in [1.807, 2.05) is 17.5 Å². The summed E-state index contributed by atoms with van der Waals surface area (Å²) in [5.74, 6) is 0.570. The van der Waals surface area contributed by atoms with Gasteiger partial charge in [-0.2, -0.15) is 0 Å². The molecular weight excluding hydrogens is 504 g/mol. The molecule has 0 aliphatic heterocycles. The van der Waals surface area contributed by atoms with Crippen LogP contribution in [0.1, 0.15) is 29.9 Å². The lowest BCUT2D eigenvalue weighted by Gasteiger charge is -2.16. The average Bonchev–Trinajstić information content (AvgIpc) is 3.35. The monoisotopic (exact) mass is 532 g/mol. The van der Waals surface area contributed by atoms with Crippen LogP contribution in [0.25, 0.3) is 70.6 Å². The number of thiophene rings is 1. The van der Waals surface area contributed by atoms with Crippen molar-refractivity contribution in [3.8, 4) is 22.4 Å². The quantitative estimate of drug-likeness (QED) is 0.207.